The molecule has 0 aliphatic heterocycles. The fraction of sp³-hybridized carbons (Fsp3) is 0.938. The first-order valence-electron chi connectivity index (χ1n) is 8.28. The molecule has 124 valence electrons. The SMILES string of the molecule is CCN(CCCNC1CCC(N)CC1)C(=O)OC(C)(C)C. The van der Waals surface area contributed by atoms with E-state index in [0.29, 0.717) is 18.6 Å². The van der Waals surface area contributed by atoms with Gasteiger partial charge in [-0.15, -0.1) is 0 Å². The third-order valence-electron chi connectivity index (χ3n) is 3.84. The van der Waals surface area contributed by atoms with Gasteiger partial charge in [0.1, 0.15) is 5.60 Å². The molecule has 0 saturated heterocycles. The summed E-state index contributed by atoms with van der Waals surface area (Å²) in [4.78, 5) is 13.8. The monoisotopic (exact) mass is 299 g/mol. The minimum absolute atomic E-state index is 0.214. The summed E-state index contributed by atoms with van der Waals surface area (Å²) >= 11 is 0. The first-order valence-corrected chi connectivity index (χ1v) is 8.28. The predicted molar refractivity (Wildman–Crippen MR) is 86.3 cm³/mol. The van der Waals surface area contributed by atoms with Crippen molar-refractivity contribution in [3.05, 3.63) is 0 Å². The van der Waals surface area contributed by atoms with Crippen molar-refractivity contribution in [2.75, 3.05) is 19.6 Å². The third kappa shape index (κ3) is 7.67. The Balaban J connectivity index is 2.18. The van der Waals surface area contributed by atoms with Gasteiger partial charge in [0.15, 0.2) is 0 Å². The Bertz CT molecular complexity index is 307. The van der Waals surface area contributed by atoms with Crippen molar-refractivity contribution in [1.29, 1.82) is 0 Å². The molecular formula is C16H33N3O2. The standard InChI is InChI=1S/C16H33N3O2/c1-5-19(15(20)21-16(2,3)4)12-6-11-18-14-9-7-13(17)8-10-14/h13-14,18H,5-12,17H2,1-4H3. The maximum atomic E-state index is 12.0. The van der Waals surface area contributed by atoms with Crippen molar-refractivity contribution in [2.24, 2.45) is 5.73 Å². The molecule has 3 N–H and O–H groups in total. The topological polar surface area (TPSA) is 67.6 Å². The smallest absolute Gasteiger partial charge is 0.410 e. The van der Waals surface area contributed by atoms with Gasteiger partial charge in [-0.2, -0.15) is 0 Å². The normalized spacial score (nSPS) is 22.9. The maximum absolute atomic E-state index is 12.0. The zero-order valence-electron chi connectivity index (χ0n) is 14.2. The summed E-state index contributed by atoms with van der Waals surface area (Å²) < 4.78 is 5.40. The van der Waals surface area contributed by atoms with E-state index in [1.165, 1.54) is 12.8 Å². The molecule has 1 amide bonds. The lowest BCUT2D eigenvalue weighted by Gasteiger charge is -2.28. The number of nitrogens with zero attached hydrogens (tertiary/aromatic N) is 1. The Morgan fingerprint density at radius 2 is 1.90 bits per heavy atom. The fourth-order valence-electron chi connectivity index (χ4n) is 2.60. The van der Waals surface area contributed by atoms with E-state index in [0.717, 1.165) is 32.4 Å². The lowest BCUT2D eigenvalue weighted by molar-refractivity contribution is 0.0258. The van der Waals surface area contributed by atoms with Crippen LogP contribution in [0.1, 0.15) is 59.8 Å². The molecule has 0 aromatic rings. The van der Waals surface area contributed by atoms with Crippen LogP contribution < -0.4 is 11.1 Å². The minimum atomic E-state index is -0.427. The first-order chi connectivity index (χ1) is 9.81. The first kappa shape index (κ1) is 18.2. The Morgan fingerprint density at radius 1 is 1.29 bits per heavy atom. The summed E-state index contributed by atoms with van der Waals surface area (Å²) in [7, 11) is 0. The van der Waals surface area contributed by atoms with Gasteiger partial charge in [-0.25, -0.2) is 4.79 Å². The molecule has 5 heteroatoms. The second-order valence-electron chi connectivity index (χ2n) is 6.98. The van der Waals surface area contributed by atoms with Crippen molar-refractivity contribution in [1.82, 2.24) is 10.2 Å². The number of carbonyl (C=O) groups is 1. The molecule has 1 aliphatic rings. The van der Waals surface area contributed by atoms with E-state index in [4.69, 9.17) is 10.5 Å². The molecule has 0 atom stereocenters. The van der Waals surface area contributed by atoms with Crippen molar-refractivity contribution < 1.29 is 9.53 Å². The zero-order chi connectivity index (χ0) is 15.9. The molecule has 0 bridgehead atoms. The Morgan fingerprint density at radius 3 is 2.43 bits per heavy atom. The van der Waals surface area contributed by atoms with E-state index in [1.807, 2.05) is 27.7 Å². The molecule has 1 saturated carbocycles. The molecule has 0 radical (unpaired) electrons. The fourth-order valence-corrected chi connectivity index (χ4v) is 2.60. The molecule has 1 fully saturated rings. The number of hydrogen-bond acceptors (Lipinski definition) is 4. The van der Waals surface area contributed by atoms with Crippen LogP contribution in [-0.4, -0.2) is 48.3 Å². The largest absolute Gasteiger partial charge is 0.444 e. The number of ether oxygens (including phenoxy) is 1. The van der Waals surface area contributed by atoms with Crippen LogP contribution in [0.25, 0.3) is 0 Å². The van der Waals surface area contributed by atoms with Crippen molar-refractivity contribution in [3.63, 3.8) is 0 Å². The van der Waals surface area contributed by atoms with E-state index >= 15 is 0 Å². The third-order valence-corrected chi connectivity index (χ3v) is 3.84. The molecule has 0 unspecified atom stereocenters. The number of rotatable bonds is 6. The van der Waals surface area contributed by atoms with Crippen LogP contribution in [0, 0.1) is 0 Å². The number of nitrogens with one attached hydrogen (secondary N) is 1. The van der Waals surface area contributed by atoms with E-state index in [1.54, 1.807) is 4.90 Å². The summed E-state index contributed by atoms with van der Waals surface area (Å²) in [6, 6.07) is 0.993. The highest BCUT2D eigenvalue weighted by Crippen LogP contribution is 2.16. The highest BCUT2D eigenvalue weighted by atomic mass is 16.6. The van der Waals surface area contributed by atoms with Gasteiger partial charge in [-0.1, -0.05) is 0 Å². The van der Waals surface area contributed by atoms with E-state index < -0.39 is 5.60 Å². The summed E-state index contributed by atoms with van der Waals surface area (Å²) in [6.07, 6.45) is 5.33. The quantitative estimate of drug-likeness (QED) is 0.739. The van der Waals surface area contributed by atoms with Crippen LogP contribution in [0.15, 0.2) is 0 Å². The van der Waals surface area contributed by atoms with Crippen molar-refractivity contribution in [2.45, 2.75) is 77.5 Å². The Hall–Kier alpha value is -0.810. The summed E-state index contributed by atoms with van der Waals surface area (Å²) in [6.45, 7) is 10.0. The van der Waals surface area contributed by atoms with Gasteiger partial charge >= 0.3 is 6.09 Å². The second kappa shape index (κ2) is 8.59. The highest BCUT2D eigenvalue weighted by Gasteiger charge is 2.21. The average molecular weight is 299 g/mol. The minimum Gasteiger partial charge on any atom is -0.444 e. The van der Waals surface area contributed by atoms with Crippen LogP contribution >= 0.6 is 0 Å². The molecule has 5 nitrogen and oxygen atoms in total. The molecular weight excluding hydrogens is 266 g/mol. The molecule has 21 heavy (non-hydrogen) atoms. The second-order valence-corrected chi connectivity index (χ2v) is 6.98. The Kier molecular flexibility index (Phi) is 7.46. The van der Waals surface area contributed by atoms with Gasteiger partial charge < -0.3 is 20.7 Å². The zero-order valence-corrected chi connectivity index (χ0v) is 14.2. The molecule has 0 spiro atoms. The van der Waals surface area contributed by atoms with Crippen molar-refractivity contribution in [3.8, 4) is 0 Å². The maximum Gasteiger partial charge on any atom is 0.410 e. The van der Waals surface area contributed by atoms with Crippen LogP contribution in [-0.2, 0) is 4.74 Å². The van der Waals surface area contributed by atoms with Crippen LogP contribution in [0.3, 0.4) is 0 Å². The molecule has 0 aromatic heterocycles. The van der Waals surface area contributed by atoms with Crippen molar-refractivity contribution >= 4 is 6.09 Å². The van der Waals surface area contributed by atoms with Crippen LogP contribution in [0.2, 0.25) is 0 Å². The van der Waals surface area contributed by atoms with Gasteiger partial charge in [-0.05, 0) is 66.3 Å². The molecule has 1 aliphatic carbocycles. The van der Waals surface area contributed by atoms with Gasteiger partial charge in [-0.3, -0.25) is 0 Å². The summed E-state index contributed by atoms with van der Waals surface area (Å²) in [5.74, 6) is 0. The Labute approximate surface area is 129 Å². The van der Waals surface area contributed by atoms with Gasteiger partial charge in [0.05, 0.1) is 0 Å². The van der Waals surface area contributed by atoms with Crippen LogP contribution in [0.5, 0.6) is 0 Å². The van der Waals surface area contributed by atoms with E-state index in [2.05, 4.69) is 5.32 Å². The average Bonchev–Trinajstić information content (AvgIpc) is 2.38. The summed E-state index contributed by atoms with van der Waals surface area (Å²) in [5, 5.41) is 3.57. The summed E-state index contributed by atoms with van der Waals surface area (Å²) in [5.41, 5.74) is 5.48. The number of amides is 1. The molecule has 0 aromatic carbocycles. The van der Waals surface area contributed by atoms with Crippen LogP contribution in [0.4, 0.5) is 4.79 Å². The predicted octanol–water partition coefficient (Wildman–Crippen LogP) is 2.49. The molecule has 0 heterocycles. The number of carbonyl (C=O) groups excluding carboxylic acids is 1. The van der Waals surface area contributed by atoms with E-state index in [9.17, 15) is 4.79 Å². The van der Waals surface area contributed by atoms with Gasteiger partial charge in [0.2, 0.25) is 0 Å². The number of hydrogen-bond donors (Lipinski definition) is 2. The van der Waals surface area contributed by atoms with E-state index in [-0.39, 0.29) is 6.09 Å². The van der Waals surface area contributed by atoms with Gasteiger partial charge in [0.25, 0.3) is 0 Å². The number of nitrogens with two attached hydrogens (primary N) is 1. The lowest BCUT2D eigenvalue weighted by atomic mass is 9.92. The lowest BCUT2D eigenvalue weighted by Crippen LogP contribution is -2.40. The molecule has 1 rings (SSSR count). The van der Waals surface area contributed by atoms with Gasteiger partial charge in [0, 0.05) is 25.2 Å². The highest BCUT2D eigenvalue weighted by molar-refractivity contribution is 5.68.